The molecule has 0 saturated carbocycles. The van der Waals surface area contributed by atoms with E-state index in [9.17, 15) is 22.4 Å². The summed E-state index contributed by atoms with van der Waals surface area (Å²) in [4.78, 5) is 21.7. The SMILES string of the molecule is CC(C)(C)c1nc2c(c(=O)[nH]1)CN(Cc1ccc(F)c(C(F)(F)F)c1)CC2. The fourth-order valence-corrected chi connectivity index (χ4v) is 3.12. The van der Waals surface area contributed by atoms with Crippen LogP contribution in [0.15, 0.2) is 23.0 Å². The molecule has 0 saturated heterocycles. The summed E-state index contributed by atoms with van der Waals surface area (Å²) in [7, 11) is 0. The number of nitrogens with one attached hydrogen (secondary N) is 1. The molecule has 0 spiro atoms. The van der Waals surface area contributed by atoms with Crippen LogP contribution >= 0.6 is 0 Å². The molecular weight excluding hydrogens is 362 g/mol. The van der Waals surface area contributed by atoms with Gasteiger partial charge in [-0.25, -0.2) is 9.37 Å². The molecule has 1 aliphatic rings. The molecule has 4 nitrogen and oxygen atoms in total. The molecule has 0 atom stereocenters. The van der Waals surface area contributed by atoms with Gasteiger partial charge >= 0.3 is 6.18 Å². The first-order chi connectivity index (χ1) is 12.4. The highest BCUT2D eigenvalue weighted by atomic mass is 19.4. The average molecular weight is 383 g/mol. The number of hydrogen-bond acceptors (Lipinski definition) is 3. The molecule has 27 heavy (non-hydrogen) atoms. The molecule has 3 rings (SSSR count). The van der Waals surface area contributed by atoms with E-state index in [1.807, 2.05) is 25.7 Å². The zero-order chi connectivity index (χ0) is 20.0. The number of alkyl halides is 3. The van der Waals surface area contributed by atoms with Gasteiger partial charge in [-0.2, -0.15) is 13.2 Å². The maximum atomic E-state index is 13.4. The van der Waals surface area contributed by atoms with Gasteiger partial charge in [-0.1, -0.05) is 26.8 Å². The smallest absolute Gasteiger partial charge is 0.310 e. The molecule has 0 unspecified atom stereocenters. The van der Waals surface area contributed by atoms with Crippen molar-refractivity contribution >= 4 is 0 Å². The van der Waals surface area contributed by atoms with E-state index in [1.54, 1.807) is 0 Å². The van der Waals surface area contributed by atoms with Crippen molar-refractivity contribution in [2.24, 2.45) is 0 Å². The van der Waals surface area contributed by atoms with E-state index in [2.05, 4.69) is 9.97 Å². The Balaban J connectivity index is 1.83. The van der Waals surface area contributed by atoms with E-state index < -0.39 is 17.6 Å². The van der Waals surface area contributed by atoms with Crippen molar-refractivity contribution < 1.29 is 17.6 Å². The van der Waals surface area contributed by atoms with Crippen LogP contribution in [0.3, 0.4) is 0 Å². The minimum Gasteiger partial charge on any atom is -0.310 e. The van der Waals surface area contributed by atoms with Gasteiger partial charge in [0.25, 0.3) is 5.56 Å². The Hall–Kier alpha value is -2.22. The van der Waals surface area contributed by atoms with Crippen molar-refractivity contribution in [3.63, 3.8) is 0 Å². The van der Waals surface area contributed by atoms with Crippen molar-refractivity contribution in [2.45, 2.75) is 51.9 Å². The summed E-state index contributed by atoms with van der Waals surface area (Å²) in [6, 6.07) is 3.00. The van der Waals surface area contributed by atoms with Gasteiger partial charge in [-0.05, 0) is 17.7 Å². The van der Waals surface area contributed by atoms with E-state index in [1.165, 1.54) is 6.07 Å². The van der Waals surface area contributed by atoms with E-state index in [4.69, 9.17) is 0 Å². The summed E-state index contributed by atoms with van der Waals surface area (Å²) in [5, 5.41) is 0. The Labute approximate surface area is 154 Å². The first-order valence-corrected chi connectivity index (χ1v) is 8.65. The Bertz CT molecular complexity index is 913. The zero-order valence-electron chi connectivity index (χ0n) is 15.4. The van der Waals surface area contributed by atoms with Gasteiger partial charge in [-0.3, -0.25) is 9.69 Å². The molecule has 0 fully saturated rings. The lowest BCUT2D eigenvalue weighted by Gasteiger charge is -2.29. The van der Waals surface area contributed by atoms with Gasteiger partial charge in [0, 0.05) is 31.5 Å². The number of rotatable bonds is 2. The largest absolute Gasteiger partial charge is 0.419 e. The summed E-state index contributed by atoms with van der Waals surface area (Å²) >= 11 is 0. The maximum Gasteiger partial charge on any atom is 0.419 e. The standard InChI is InChI=1S/C19H21F4N3O/c1-18(2,3)17-24-15-6-7-26(10-12(15)16(27)25-17)9-11-4-5-14(20)13(8-11)19(21,22)23/h4-5,8H,6-7,9-10H2,1-3H3,(H,24,25,27). The van der Waals surface area contributed by atoms with Crippen LogP contribution in [0.1, 0.15) is 49.0 Å². The topological polar surface area (TPSA) is 49.0 Å². The van der Waals surface area contributed by atoms with Crippen LogP contribution in [-0.4, -0.2) is 21.4 Å². The second-order valence-corrected chi connectivity index (χ2v) is 7.86. The molecule has 0 bridgehead atoms. The predicted molar refractivity (Wildman–Crippen MR) is 92.8 cm³/mol. The van der Waals surface area contributed by atoms with Gasteiger partial charge < -0.3 is 4.98 Å². The Morgan fingerprint density at radius 1 is 1.22 bits per heavy atom. The summed E-state index contributed by atoms with van der Waals surface area (Å²) in [5.74, 6) is -0.668. The van der Waals surface area contributed by atoms with Gasteiger partial charge in [0.1, 0.15) is 11.6 Å². The highest BCUT2D eigenvalue weighted by Crippen LogP contribution is 2.32. The van der Waals surface area contributed by atoms with E-state index >= 15 is 0 Å². The quantitative estimate of drug-likeness (QED) is 0.803. The molecule has 0 amide bonds. The molecule has 1 N–H and O–H groups in total. The number of H-pyrrole nitrogens is 1. The van der Waals surface area contributed by atoms with Crippen LogP contribution in [0.25, 0.3) is 0 Å². The van der Waals surface area contributed by atoms with Gasteiger partial charge in [0.15, 0.2) is 0 Å². The molecule has 146 valence electrons. The van der Waals surface area contributed by atoms with Crippen molar-refractivity contribution in [3.05, 3.63) is 62.6 Å². The van der Waals surface area contributed by atoms with Crippen LogP contribution in [-0.2, 0) is 31.1 Å². The third-order valence-electron chi connectivity index (χ3n) is 4.60. The average Bonchev–Trinajstić information content (AvgIpc) is 2.55. The monoisotopic (exact) mass is 383 g/mol. The minimum atomic E-state index is -4.74. The number of fused-ring (bicyclic) bond motifs is 1. The van der Waals surface area contributed by atoms with Gasteiger partial charge in [0.2, 0.25) is 0 Å². The summed E-state index contributed by atoms with van der Waals surface area (Å²) in [6.45, 7) is 6.93. The third-order valence-corrected chi connectivity index (χ3v) is 4.60. The molecule has 0 aliphatic carbocycles. The fraction of sp³-hybridized carbons (Fsp3) is 0.474. The second-order valence-electron chi connectivity index (χ2n) is 7.86. The first-order valence-electron chi connectivity index (χ1n) is 8.65. The maximum absolute atomic E-state index is 13.4. The molecule has 2 heterocycles. The molecular formula is C19H21F4N3O. The Morgan fingerprint density at radius 3 is 2.56 bits per heavy atom. The molecule has 2 aromatic rings. The van der Waals surface area contributed by atoms with Gasteiger partial charge in [0.05, 0.1) is 16.8 Å². The van der Waals surface area contributed by atoms with Crippen molar-refractivity contribution in [2.75, 3.05) is 6.54 Å². The predicted octanol–water partition coefficient (Wildman–Crippen LogP) is 3.78. The summed E-state index contributed by atoms with van der Waals surface area (Å²) in [5.41, 5.74) is -0.158. The Morgan fingerprint density at radius 2 is 1.93 bits per heavy atom. The number of aromatic amines is 1. The van der Waals surface area contributed by atoms with Crippen molar-refractivity contribution in [1.29, 1.82) is 0 Å². The van der Waals surface area contributed by atoms with Crippen molar-refractivity contribution in [1.82, 2.24) is 14.9 Å². The molecule has 1 aromatic carbocycles. The molecule has 1 aromatic heterocycles. The van der Waals surface area contributed by atoms with Crippen LogP contribution in [0.4, 0.5) is 17.6 Å². The third kappa shape index (κ3) is 4.21. The van der Waals surface area contributed by atoms with Gasteiger partial charge in [-0.15, -0.1) is 0 Å². The lowest BCUT2D eigenvalue weighted by Crippen LogP contribution is -2.37. The Kier molecular flexibility index (Phi) is 4.88. The first kappa shape index (κ1) is 19.5. The van der Waals surface area contributed by atoms with E-state index in [-0.39, 0.29) is 17.5 Å². The summed E-state index contributed by atoms with van der Waals surface area (Å²) < 4.78 is 52.1. The van der Waals surface area contributed by atoms with E-state index in [0.717, 1.165) is 17.8 Å². The molecule has 1 aliphatic heterocycles. The van der Waals surface area contributed by atoms with Crippen LogP contribution in [0, 0.1) is 5.82 Å². The molecule has 0 radical (unpaired) electrons. The number of aromatic nitrogens is 2. The lowest BCUT2D eigenvalue weighted by molar-refractivity contribution is -0.140. The number of nitrogens with zero attached hydrogens (tertiary/aromatic N) is 2. The van der Waals surface area contributed by atoms with Crippen LogP contribution in [0.5, 0.6) is 0 Å². The normalized spacial score (nSPS) is 15.7. The van der Waals surface area contributed by atoms with Crippen molar-refractivity contribution in [3.8, 4) is 0 Å². The fourth-order valence-electron chi connectivity index (χ4n) is 3.12. The highest BCUT2D eigenvalue weighted by Gasteiger charge is 2.34. The minimum absolute atomic E-state index is 0.198. The summed E-state index contributed by atoms with van der Waals surface area (Å²) in [6.07, 6.45) is -4.20. The number of benzene rings is 1. The highest BCUT2D eigenvalue weighted by molar-refractivity contribution is 5.28. The lowest BCUT2D eigenvalue weighted by atomic mass is 9.95. The zero-order valence-corrected chi connectivity index (χ0v) is 15.4. The van der Waals surface area contributed by atoms with Crippen LogP contribution in [0.2, 0.25) is 0 Å². The van der Waals surface area contributed by atoms with E-state index in [0.29, 0.717) is 36.5 Å². The number of hydrogen-bond donors (Lipinski definition) is 1. The van der Waals surface area contributed by atoms with Crippen LogP contribution < -0.4 is 5.56 Å². The number of halogens is 4. The molecule has 8 heteroatoms. The second kappa shape index (κ2) is 6.74.